The molecule has 1 saturated carbocycles. The molecule has 0 spiro atoms. The molecule has 1 amide bonds. The Bertz CT molecular complexity index is 865. The maximum absolute atomic E-state index is 12.1. The lowest BCUT2D eigenvalue weighted by Crippen LogP contribution is -2.28. The van der Waals surface area contributed by atoms with E-state index in [0.717, 1.165) is 53.0 Å². The average Bonchev–Trinajstić information content (AvgIpc) is 2.56. The number of anilines is 1. The Morgan fingerprint density at radius 2 is 1.96 bits per heavy atom. The fourth-order valence-corrected chi connectivity index (χ4v) is 3.26. The predicted molar refractivity (Wildman–Crippen MR) is 101 cm³/mol. The van der Waals surface area contributed by atoms with E-state index in [0.29, 0.717) is 6.42 Å². The molecule has 2 aliphatic rings. The Hall–Kier alpha value is -2.88. The molecule has 0 aromatic heterocycles. The van der Waals surface area contributed by atoms with E-state index in [1.165, 1.54) is 0 Å². The van der Waals surface area contributed by atoms with E-state index >= 15 is 0 Å². The first-order chi connectivity index (χ1) is 12.2. The van der Waals surface area contributed by atoms with E-state index in [9.17, 15) is 4.79 Å². The first kappa shape index (κ1) is 15.6. The number of carbonyl (C=O) groups excluding carboxylic acids is 1. The molecular weight excluding hydrogens is 310 g/mol. The topological polar surface area (TPSA) is 53.5 Å². The zero-order chi connectivity index (χ0) is 17.2. The molecule has 25 heavy (non-hydrogen) atoms. The van der Waals surface area contributed by atoms with Crippen LogP contribution in [0.1, 0.15) is 36.0 Å². The van der Waals surface area contributed by atoms with E-state index < -0.39 is 0 Å². The van der Waals surface area contributed by atoms with Crippen LogP contribution in [0.15, 0.2) is 60.2 Å². The number of amides is 1. The van der Waals surface area contributed by atoms with Crippen molar-refractivity contribution in [2.75, 3.05) is 5.32 Å². The lowest BCUT2D eigenvalue weighted by Gasteiger charge is -2.24. The lowest BCUT2D eigenvalue weighted by atomic mass is 9.85. The minimum absolute atomic E-state index is 0.140. The highest BCUT2D eigenvalue weighted by Gasteiger charge is 2.25. The molecule has 0 unspecified atom stereocenters. The molecule has 126 valence electrons. The van der Waals surface area contributed by atoms with Gasteiger partial charge in [0.25, 0.3) is 0 Å². The summed E-state index contributed by atoms with van der Waals surface area (Å²) in [5.74, 6) is 0.329. The average molecular weight is 331 g/mol. The van der Waals surface area contributed by atoms with Crippen LogP contribution in [0.25, 0.3) is 5.70 Å². The van der Waals surface area contributed by atoms with Gasteiger partial charge in [-0.3, -0.25) is 10.2 Å². The second-order valence-corrected chi connectivity index (χ2v) is 6.69. The molecule has 1 fully saturated rings. The molecule has 0 bridgehead atoms. The van der Waals surface area contributed by atoms with Crippen molar-refractivity contribution in [2.45, 2.75) is 25.7 Å². The van der Waals surface area contributed by atoms with Gasteiger partial charge in [0, 0.05) is 29.2 Å². The van der Waals surface area contributed by atoms with Crippen molar-refractivity contribution in [1.82, 2.24) is 5.43 Å². The van der Waals surface area contributed by atoms with Crippen LogP contribution in [-0.4, -0.2) is 11.6 Å². The second kappa shape index (κ2) is 6.55. The minimum atomic E-state index is 0.140. The van der Waals surface area contributed by atoms with Crippen molar-refractivity contribution >= 4 is 23.0 Å². The zero-order valence-electron chi connectivity index (χ0n) is 14.1. The van der Waals surface area contributed by atoms with Gasteiger partial charge >= 0.3 is 0 Å². The van der Waals surface area contributed by atoms with Gasteiger partial charge in [-0.1, -0.05) is 49.4 Å². The summed E-state index contributed by atoms with van der Waals surface area (Å²) in [4.78, 5) is 12.1. The van der Waals surface area contributed by atoms with E-state index in [1.54, 1.807) is 0 Å². The molecule has 2 aromatic carbocycles. The number of carbonyl (C=O) groups is 1. The van der Waals surface area contributed by atoms with Gasteiger partial charge in [-0.05, 0) is 30.5 Å². The number of hydrogen-bond donors (Lipinski definition) is 2. The van der Waals surface area contributed by atoms with Crippen LogP contribution < -0.4 is 10.7 Å². The molecule has 4 heteroatoms. The van der Waals surface area contributed by atoms with Crippen LogP contribution in [0.5, 0.6) is 0 Å². The Balaban J connectivity index is 1.52. The van der Waals surface area contributed by atoms with Crippen LogP contribution in [0, 0.1) is 5.92 Å². The van der Waals surface area contributed by atoms with E-state index in [-0.39, 0.29) is 11.8 Å². The molecule has 1 heterocycles. The van der Waals surface area contributed by atoms with Gasteiger partial charge in [0.1, 0.15) is 0 Å². The number of hydrogen-bond acceptors (Lipinski definition) is 3. The molecular formula is C21H21N3O. The Morgan fingerprint density at radius 3 is 2.72 bits per heavy atom. The molecule has 0 saturated heterocycles. The SMILES string of the molecule is C=C1NN=C(Cc2cccc(NC(=O)C3CCC3)c2)c2ccccc21. The lowest BCUT2D eigenvalue weighted by molar-refractivity contribution is -0.122. The molecule has 2 aromatic rings. The normalized spacial score (nSPS) is 16.3. The molecule has 4 nitrogen and oxygen atoms in total. The molecule has 0 radical (unpaired) electrons. The fraction of sp³-hybridized carbons (Fsp3) is 0.238. The predicted octanol–water partition coefficient (Wildman–Crippen LogP) is 3.95. The highest BCUT2D eigenvalue weighted by atomic mass is 16.1. The van der Waals surface area contributed by atoms with Crippen molar-refractivity contribution in [2.24, 2.45) is 11.0 Å². The van der Waals surface area contributed by atoms with Crippen molar-refractivity contribution in [3.8, 4) is 0 Å². The minimum Gasteiger partial charge on any atom is -0.326 e. The number of nitrogens with one attached hydrogen (secondary N) is 2. The summed E-state index contributed by atoms with van der Waals surface area (Å²) in [6.07, 6.45) is 3.88. The molecule has 4 rings (SSSR count). The highest BCUT2D eigenvalue weighted by molar-refractivity contribution is 6.07. The largest absolute Gasteiger partial charge is 0.326 e. The highest BCUT2D eigenvalue weighted by Crippen LogP contribution is 2.28. The molecule has 1 aliphatic carbocycles. The van der Waals surface area contributed by atoms with Gasteiger partial charge in [-0.2, -0.15) is 5.10 Å². The van der Waals surface area contributed by atoms with Crippen LogP contribution in [0.3, 0.4) is 0 Å². The number of hydrazone groups is 1. The second-order valence-electron chi connectivity index (χ2n) is 6.69. The number of rotatable bonds is 4. The first-order valence-electron chi connectivity index (χ1n) is 8.72. The molecule has 0 atom stereocenters. The van der Waals surface area contributed by atoms with Crippen LogP contribution in [-0.2, 0) is 11.2 Å². The smallest absolute Gasteiger partial charge is 0.227 e. The fourth-order valence-electron chi connectivity index (χ4n) is 3.26. The summed E-state index contributed by atoms with van der Waals surface area (Å²) < 4.78 is 0. The van der Waals surface area contributed by atoms with Gasteiger partial charge < -0.3 is 5.32 Å². The quantitative estimate of drug-likeness (QED) is 0.891. The van der Waals surface area contributed by atoms with E-state index in [2.05, 4.69) is 40.6 Å². The standard InChI is InChI=1S/C21H21N3O/c1-14-18-10-2-3-11-19(18)20(24-23-14)13-15-6-4-9-17(12-15)22-21(25)16-7-5-8-16/h2-4,6,9-12,16,23H,1,5,7-8,13H2,(H,22,25). The van der Waals surface area contributed by atoms with Gasteiger partial charge in [0.2, 0.25) is 5.91 Å². The summed E-state index contributed by atoms with van der Waals surface area (Å²) in [7, 11) is 0. The Morgan fingerprint density at radius 1 is 1.16 bits per heavy atom. The third-order valence-electron chi connectivity index (χ3n) is 4.93. The van der Waals surface area contributed by atoms with Crippen molar-refractivity contribution < 1.29 is 4.79 Å². The number of benzene rings is 2. The van der Waals surface area contributed by atoms with Gasteiger partial charge in [-0.25, -0.2) is 0 Å². The number of nitrogens with zero attached hydrogens (tertiary/aromatic N) is 1. The summed E-state index contributed by atoms with van der Waals surface area (Å²) >= 11 is 0. The van der Waals surface area contributed by atoms with E-state index in [1.807, 2.05) is 30.3 Å². The maximum atomic E-state index is 12.1. The Kier molecular flexibility index (Phi) is 4.10. The Labute approximate surface area is 147 Å². The van der Waals surface area contributed by atoms with Crippen LogP contribution in [0.2, 0.25) is 0 Å². The summed E-state index contributed by atoms with van der Waals surface area (Å²) in [5.41, 5.74) is 8.98. The third kappa shape index (κ3) is 3.20. The van der Waals surface area contributed by atoms with Crippen molar-refractivity contribution in [3.05, 3.63) is 71.8 Å². The van der Waals surface area contributed by atoms with Gasteiger partial charge in [-0.15, -0.1) is 0 Å². The molecule has 2 N–H and O–H groups in total. The van der Waals surface area contributed by atoms with E-state index in [4.69, 9.17) is 0 Å². The summed E-state index contributed by atoms with van der Waals surface area (Å²) in [6.45, 7) is 4.01. The number of fused-ring (bicyclic) bond motifs is 1. The first-order valence-corrected chi connectivity index (χ1v) is 8.72. The molecule has 1 aliphatic heterocycles. The van der Waals surface area contributed by atoms with Gasteiger partial charge in [0.15, 0.2) is 0 Å². The van der Waals surface area contributed by atoms with Crippen LogP contribution >= 0.6 is 0 Å². The zero-order valence-corrected chi connectivity index (χ0v) is 14.1. The maximum Gasteiger partial charge on any atom is 0.227 e. The van der Waals surface area contributed by atoms with Crippen LogP contribution in [0.4, 0.5) is 5.69 Å². The van der Waals surface area contributed by atoms with Crippen molar-refractivity contribution in [3.63, 3.8) is 0 Å². The monoisotopic (exact) mass is 331 g/mol. The van der Waals surface area contributed by atoms with Gasteiger partial charge in [0.05, 0.1) is 11.4 Å². The third-order valence-corrected chi connectivity index (χ3v) is 4.93. The van der Waals surface area contributed by atoms with Crippen molar-refractivity contribution in [1.29, 1.82) is 0 Å². The summed E-state index contributed by atoms with van der Waals surface area (Å²) in [5, 5.41) is 7.51. The summed E-state index contributed by atoms with van der Waals surface area (Å²) in [6, 6.07) is 16.2.